The van der Waals surface area contributed by atoms with Crippen LogP contribution in [-0.2, 0) is 30.9 Å². The molecule has 9 heteroatoms. The van der Waals surface area contributed by atoms with E-state index in [4.69, 9.17) is 4.74 Å². The molecule has 1 aliphatic heterocycles. The van der Waals surface area contributed by atoms with Crippen LogP contribution in [0, 0.1) is 5.82 Å². The van der Waals surface area contributed by atoms with Gasteiger partial charge in [0.25, 0.3) is 0 Å². The van der Waals surface area contributed by atoms with Crippen LogP contribution in [0.4, 0.5) is 4.39 Å². The van der Waals surface area contributed by atoms with Gasteiger partial charge in [-0.05, 0) is 31.5 Å². The molecule has 7 nitrogen and oxygen atoms in total. The Balaban J connectivity index is 1.66. The van der Waals surface area contributed by atoms with E-state index in [1.54, 1.807) is 19.2 Å². The van der Waals surface area contributed by atoms with Crippen molar-refractivity contribution >= 4 is 21.9 Å². The van der Waals surface area contributed by atoms with Crippen molar-refractivity contribution in [2.75, 3.05) is 13.7 Å². The number of hydrogen-bond acceptors (Lipinski definition) is 4. The molecule has 146 valence electrons. The van der Waals surface area contributed by atoms with E-state index >= 15 is 0 Å². The maximum absolute atomic E-state index is 13.9. The summed E-state index contributed by atoms with van der Waals surface area (Å²) in [4.78, 5) is 9.03. The minimum Gasteiger partial charge on any atom is -0.377 e. The lowest BCUT2D eigenvalue weighted by Crippen LogP contribution is -2.47. The van der Waals surface area contributed by atoms with Gasteiger partial charge >= 0.3 is 0 Å². The lowest BCUT2D eigenvalue weighted by Gasteiger charge is -2.25. The van der Waals surface area contributed by atoms with E-state index in [-0.39, 0.29) is 18.4 Å². The summed E-state index contributed by atoms with van der Waals surface area (Å²) in [5.74, 6) is 2.10. The molecule has 2 heterocycles. The Morgan fingerprint density at radius 3 is 3.11 bits per heavy atom. The first-order chi connectivity index (χ1) is 13.1. The second-order valence-electron chi connectivity index (χ2n) is 6.37. The molecule has 0 radical (unpaired) electrons. The maximum atomic E-state index is 13.9. The van der Waals surface area contributed by atoms with E-state index in [1.165, 1.54) is 6.07 Å². The van der Waals surface area contributed by atoms with E-state index in [9.17, 15) is 4.39 Å². The van der Waals surface area contributed by atoms with E-state index in [0.717, 1.165) is 29.7 Å². The molecule has 0 fully saturated rings. The van der Waals surface area contributed by atoms with Crippen molar-refractivity contribution in [3.05, 3.63) is 45.7 Å². The molecule has 2 aromatic rings. The molecule has 1 aromatic carbocycles. The van der Waals surface area contributed by atoms with Gasteiger partial charge in [0.15, 0.2) is 11.8 Å². The van der Waals surface area contributed by atoms with Crippen molar-refractivity contribution < 1.29 is 9.13 Å². The standard InChI is InChI=1S/C18H24BrFN6O/c1-3-21-18(22-9-12-8-13(19)4-6-15(12)20)23-14-5-7-17-24-16(11-27-2)25-26(17)10-14/h4,6,8,14H,3,5,7,9-11H2,1-2H3,(H2,21,22,23). The third kappa shape index (κ3) is 5.26. The molecule has 2 N–H and O–H groups in total. The van der Waals surface area contributed by atoms with E-state index < -0.39 is 0 Å². The van der Waals surface area contributed by atoms with Crippen LogP contribution < -0.4 is 10.6 Å². The average molecular weight is 439 g/mol. The number of hydrogen-bond donors (Lipinski definition) is 2. The van der Waals surface area contributed by atoms with Crippen molar-refractivity contribution in [3.63, 3.8) is 0 Å². The fraction of sp³-hybridized carbons (Fsp3) is 0.500. The van der Waals surface area contributed by atoms with Crippen LogP contribution in [0.5, 0.6) is 0 Å². The Kier molecular flexibility index (Phi) is 6.78. The van der Waals surface area contributed by atoms with Crippen LogP contribution in [0.2, 0.25) is 0 Å². The number of benzene rings is 1. The smallest absolute Gasteiger partial charge is 0.191 e. The molecule has 0 bridgehead atoms. The summed E-state index contributed by atoms with van der Waals surface area (Å²) in [5, 5.41) is 11.1. The van der Waals surface area contributed by atoms with E-state index in [1.807, 2.05) is 11.6 Å². The van der Waals surface area contributed by atoms with Crippen LogP contribution in [0.25, 0.3) is 0 Å². The van der Waals surface area contributed by atoms with Gasteiger partial charge in [0.05, 0.1) is 13.1 Å². The van der Waals surface area contributed by atoms with Gasteiger partial charge in [-0.2, -0.15) is 5.10 Å². The van der Waals surface area contributed by atoms with Gasteiger partial charge < -0.3 is 15.4 Å². The van der Waals surface area contributed by atoms with E-state index in [2.05, 4.69) is 41.6 Å². The van der Waals surface area contributed by atoms with Gasteiger partial charge in [0, 0.05) is 36.2 Å². The predicted molar refractivity (Wildman–Crippen MR) is 105 cm³/mol. The quantitative estimate of drug-likeness (QED) is 0.534. The highest BCUT2D eigenvalue weighted by atomic mass is 79.9. The highest BCUT2D eigenvalue weighted by molar-refractivity contribution is 9.10. The number of fused-ring (bicyclic) bond motifs is 1. The van der Waals surface area contributed by atoms with E-state index in [0.29, 0.717) is 30.5 Å². The van der Waals surface area contributed by atoms with Crippen LogP contribution in [0.15, 0.2) is 27.7 Å². The number of aliphatic imine (C=N–C) groups is 1. The van der Waals surface area contributed by atoms with Crippen LogP contribution in [0.3, 0.4) is 0 Å². The molecule has 0 aliphatic carbocycles. The van der Waals surface area contributed by atoms with Gasteiger partial charge in [-0.15, -0.1) is 0 Å². The van der Waals surface area contributed by atoms with Gasteiger partial charge in [-0.3, -0.25) is 0 Å². The fourth-order valence-electron chi connectivity index (χ4n) is 3.01. The lowest BCUT2D eigenvalue weighted by atomic mass is 10.1. The minimum absolute atomic E-state index is 0.180. The number of aromatic nitrogens is 3. The lowest BCUT2D eigenvalue weighted by molar-refractivity contribution is 0.177. The molecule has 0 saturated heterocycles. The number of halogens is 2. The number of ether oxygens (including phenoxy) is 1. The number of methoxy groups -OCH3 is 1. The van der Waals surface area contributed by atoms with Crippen LogP contribution >= 0.6 is 15.9 Å². The van der Waals surface area contributed by atoms with Gasteiger partial charge in [-0.25, -0.2) is 19.0 Å². The number of aryl methyl sites for hydroxylation is 1. The predicted octanol–water partition coefficient (Wildman–Crippen LogP) is 2.40. The topological polar surface area (TPSA) is 76.4 Å². The molecule has 3 rings (SSSR count). The maximum Gasteiger partial charge on any atom is 0.191 e. The van der Waals surface area contributed by atoms with Crippen LogP contribution in [-0.4, -0.2) is 40.4 Å². The summed E-state index contributed by atoms with van der Waals surface area (Å²) >= 11 is 3.37. The zero-order valence-electron chi connectivity index (χ0n) is 15.5. The number of rotatable bonds is 6. The van der Waals surface area contributed by atoms with Gasteiger partial charge in [-0.1, -0.05) is 15.9 Å². The second-order valence-corrected chi connectivity index (χ2v) is 7.29. The van der Waals surface area contributed by atoms with Gasteiger partial charge in [0.1, 0.15) is 18.2 Å². The summed E-state index contributed by atoms with van der Waals surface area (Å²) in [5.41, 5.74) is 0.549. The first-order valence-electron chi connectivity index (χ1n) is 8.99. The summed E-state index contributed by atoms with van der Waals surface area (Å²) in [6.07, 6.45) is 1.77. The van der Waals surface area contributed by atoms with Gasteiger partial charge in [0.2, 0.25) is 0 Å². The van der Waals surface area contributed by atoms with Crippen molar-refractivity contribution in [1.29, 1.82) is 0 Å². The monoisotopic (exact) mass is 438 g/mol. The van der Waals surface area contributed by atoms with Crippen LogP contribution in [0.1, 0.15) is 30.6 Å². The second kappa shape index (κ2) is 9.27. The first-order valence-corrected chi connectivity index (χ1v) is 9.78. The highest BCUT2D eigenvalue weighted by Crippen LogP contribution is 2.17. The molecule has 0 saturated carbocycles. The SMILES string of the molecule is CCNC(=NCc1cc(Br)ccc1F)NC1CCc2nc(COC)nn2C1. The molecule has 1 aromatic heterocycles. The largest absolute Gasteiger partial charge is 0.377 e. The Labute approximate surface area is 166 Å². The zero-order valence-corrected chi connectivity index (χ0v) is 17.1. The first kappa shape index (κ1) is 19.8. The number of guanidine groups is 1. The molecule has 27 heavy (non-hydrogen) atoms. The number of nitrogens with one attached hydrogen (secondary N) is 2. The normalized spacial score (nSPS) is 16.9. The van der Waals surface area contributed by atoms with Crippen molar-refractivity contribution in [2.45, 2.75) is 45.5 Å². The third-order valence-electron chi connectivity index (χ3n) is 4.28. The number of nitrogens with zero attached hydrogens (tertiary/aromatic N) is 4. The zero-order chi connectivity index (χ0) is 19.2. The molecule has 0 amide bonds. The average Bonchev–Trinajstić information content (AvgIpc) is 3.04. The minimum atomic E-state index is -0.256. The molecular formula is C18H24BrFN6O. The molecular weight excluding hydrogens is 415 g/mol. The molecule has 1 atom stereocenters. The summed E-state index contributed by atoms with van der Waals surface area (Å²) < 4.78 is 21.8. The summed E-state index contributed by atoms with van der Waals surface area (Å²) in [7, 11) is 1.64. The third-order valence-corrected chi connectivity index (χ3v) is 4.77. The van der Waals surface area contributed by atoms with Crippen molar-refractivity contribution in [2.24, 2.45) is 4.99 Å². The van der Waals surface area contributed by atoms with Crippen molar-refractivity contribution in [1.82, 2.24) is 25.4 Å². The Morgan fingerprint density at radius 2 is 2.33 bits per heavy atom. The fourth-order valence-corrected chi connectivity index (χ4v) is 3.42. The summed E-state index contributed by atoms with van der Waals surface area (Å²) in [6.45, 7) is 4.12. The molecule has 1 aliphatic rings. The molecule has 1 unspecified atom stereocenters. The Morgan fingerprint density at radius 1 is 1.48 bits per heavy atom. The Hall–Kier alpha value is -2.00. The van der Waals surface area contributed by atoms with Crippen molar-refractivity contribution in [3.8, 4) is 0 Å². The summed E-state index contributed by atoms with van der Waals surface area (Å²) in [6, 6.07) is 5.06. The molecule has 0 spiro atoms. The highest BCUT2D eigenvalue weighted by Gasteiger charge is 2.22. The Bertz CT molecular complexity index is 809.